The fourth-order valence-electron chi connectivity index (χ4n) is 3.26. The molecule has 0 amide bonds. The van der Waals surface area contributed by atoms with Crippen LogP contribution < -0.4 is 5.46 Å². The Morgan fingerprint density at radius 1 is 0.480 bits per heavy atom. The van der Waals surface area contributed by atoms with Gasteiger partial charge in [-0.15, -0.1) is 0 Å². The Morgan fingerprint density at radius 3 is 1.48 bits per heavy atom. The molecule has 4 rings (SSSR count). The lowest BCUT2D eigenvalue weighted by Crippen LogP contribution is -2.29. The number of fused-ring (bicyclic) bond motifs is 1. The highest BCUT2D eigenvalue weighted by atomic mass is 16.4. The number of hydrogen-bond acceptors (Lipinski definition) is 2. The van der Waals surface area contributed by atoms with Crippen molar-refractivity contribution in [2.24, 2.45) is 0 Å². The predicted octanol–water partition coefficient (Wildman–Crippen LogP) is 3.85. The van der Waals surface area contributed by atoms with Gasteiger partial charge in [0.1, 0.15) is 0 Å². The highest BCUT2D eigenvalue weighted by molar-refractivity contribution is 6.58. The predicted molar refractivity (Wildman–Crippen MR) is 105 cm³/mol. The van der Waals surface area contributed by atoms with E-state index in [9.17, 15) is 10.0 Å². The van der Waals surface area contributed by atoms with Crippen molar-refractivity contribution < 1.29 is 10.0 Å². The zero-order valence-corrected chi connectivity index (χ0v) is 13.6. The lowest BCUT2D eigenvalue weighted by Gasteiger charge is -2.12. The van der Waals surface area contributed by atoms with Gasteiger partial charge < -0.3 is 10.0 Å². The molecule has 3 heteroatoms. The van der Waals surface area contributed by atoms with Crippen molar-refractivity contribution >= 4 is 23.4 Å². The third-order valence-corrected chi connectivity index (χ3v) is 4.53. The molecule has 0 unspecified atom stereocenters. The van der Waals surface area contributed by atoms with Gasteiger partial charge in [0.05, 0.1) is 0 Å². The monoisotopic (exact) mass is 324 g/mol. The molecule has 0 radical (unpaired) electrons. The summed E-state index contributed by atoms with van der Waals surface area (Å²) in [6.07, 6.45) is 0. The first-order chi connectivity index (χ1) is 12.2. The van der Waals surface area contributed by atoms with Crippen molar-refractivity contribution in [2.45, 2.75) is 0 Å². The van der Waals surface area contributed by atoms with Crippen LogP contribution >= 0.6 is 0 Å². The molecule has 2 N–H and O–H groups in total. The first-order valence-electron chi connectivity index (χ1n) is 8.28. The summed E-state index contributed by atoms with van der Waals surface area (Å²) in [5, 5.41) is 20.9. The Labute approximate surface area is 147 Å². The van der Waals surface area contributed by atoms with Crippen molar-refractivity contribution in [3.05, 3.63) is 91.0 Å². The van der Waals surface area contributed by atoms with Crippen molar-refractivity contribution in [3.8, 4) is 22.3 Å². The van der Waals surface area contributed by atoms with Crippen LogP contribution in [-0.4, -0.2) is 17.2 Å². The van der Waals surface area contributed by atoms with E-state index >= 15 is 0 Å². The third-order valence-electron chi connectivity index (χ3n) is 4.53. The maximum atomic E-state index is 9.27. The molecule has 0 aliphatic rings. The minimum atomic E-state index is -1.44. The van der Waals surface area contributed by atoms with Crippen LogP contribution in [0.4, 0.5) is 0 Å². The van der Waals surface area contributed by atoms with Gasteiger partial charge in [-0.05, 0) is 38.5 Å². The molecule has 120 valence electrons. The van der Waals surface area contributed by atoms with Gasteiger partial charge >= 0.3 is 7.12 Å². The minimum Gasteiger partial charge on any atom is -0.423 e. The van der Waals surface area contributed by atoms with Crippen LogP contribution in [0.3, 0.4) is 0 Å². The average Bonchev–Trinajstić information content (AvgIpc) is 2.68. The molecule has 0 aliphatic heterocycles. The van der Waals surface area contributed by atoms with Crippen LogP contribution in [0.25, 0.3) is 33.0 Å². The van der Waals surface area contributed by atoms with Crippen molar-refractivity contribution in [2.75, 3.05) is 0 Å². The SMILES string of the molecule is OB(O)c1ccc(-c2ccc(-c3ccccc3)c3ccccc23)cc1. The number of benzene rings is 4. The quantitative estimate of drug-likeness (QED) is 0.562. The lowest BCUT2D eigenvalue weighted by atomic mass is 9.79. The van der Waals surface area contributed by atoms with Crippen LogP contribution in [0.1, 0.15) is 0 Å². The van der Waals surface area contributed by atoms with Crippen LogP contribution in [0.15, 0.2) is 91.0 Å². The van der Waals surface area contributed by atoms with E-state index in [1.54, 1.807) is 12.1 Å². The van der Waals surface area contributed by atoms with Gasteiger partial charge in [-0.3, -0.25) is 0 Å². The summed E-state index contributed by atoms with van der Waals surface area (Å²) >= 11 is 0. The van der Waals surface area contributed by atoms with Crippen molar-refractivity contribution in [1.29, 1.82) is 0 Å². The molecule has 0 aliphatic carbocycles. The number of hydrogen-bond donors (Lipinski definition) is 2. The molecule has 0 fully saturated rings. The van der Waals surface area contributed by atoms with Gasteiger partial charge in [0, 0.05) is 0 Å². The molecule has 0 spiro atoms. The molecule has 0 heterocycles. The first-order valence-corrected chi connectivity index (χ1v) is 8.28. The zero-order chi connectivity index (χ0) is 17.2. The fraction of sp³-hybridized carbons (Fsp3) is 0. The standard InChI is InChI=1S/C22H17BO2/c24-23(25)18-12-10-17(11-13-18)20-15-14-19(16-6-2-1-3-7-16)21-8-4-5-9-22(20)21/h1-15,24-25H. The Balaban J connectivity index is 1.89. The molecule has 0 saturated heterocycles. The molecular weight excluding hydrogens is 307 g/mol. The molecule has 0 atom stereocenters. The van der Waals surface area contributed by atoms with Gasteiger partial charge in [0.25, 0.3) is 0 Å². The Hall–Kier alpha value is -2.88. The van der Waals surface area contributed by atoms with Gasteiger partial charge in [0.2, 0.25) is 0 Å². The van der Waals surface area contributed by atoms with E-state index in [1.807, 2.05) is 24.3 Å². The summed E-state index contributed by atoms with van der Waals surface area (Å²) in [7, 11) is -1.44. The molecule has 2 nitrogen and oxygen atoms in total. The van der Waals surface area contributed by atoms with Crippen LogP contribution in [-0.2, 0) is 0 Å². The topological polar surface area (TPSA) is 40.5 Å². The highest BCUT2D eigenvalue weighted by Crippen LogP contribution is 2.35. The van der Waals surface area contributed by atoms with E-state index in [0.29, 0.717) is 5.46 Å². The molecule has 0 bridgehead atoms. The second-order valence-corrected chi connectivity index (χ2v) is 6.07. The molecule has 4 aromatic rings. The summed E-state index contributed by atoms with van der Waals surface area (Å²) in [5.41, 5.74) is 5.09. The third kappa shape index (κ3) is 2.96. The van der Waals surface area contributed by atoms with E-state index in [0.717, 1.165) is 11.1 Å². The smallest absolute Gasteiger partial charge is 0.423 e. The van der Waals surface area contributed by atoms with Crippen molar-refractivity contribution in [3.63, 3.8) is 0 Å². The Kier molecular flexibility index (Phi) is 4.10. The van der Waals surface area contributed by atoms with Crippen LogP contribution in [0.2, 0.25) is 0 Å². The number of rotatable bonds is 3. The van der Waals surface area contributed by atoms with Crippen LogP contribution in [0.5, 0.6) is 0 Å². The van der Waals surface area contributed by atoms with Gasteiger partial charge in [-0.1, -0.05) is 91.0 Å². The average molecular weight is 324 g/mol. The first kappa shape index (κ1) is 15.6. The van der Waals surface area contributed by atoms with E-state index < -0.39 is 7.12 Å². The lowest BCUT2D eigenvalue weighted by molar-refractivity contribution is 0.426. The molecule has 4 aromatic carbocycles. The maximum absolute atomic E-state index is 9.27. The molecular formula is C22H17BO2. The van der Waals surface area contributed by atoms with E-state index in [2.05, 4.69) is 54.6 Å². The van der Waals surface area contributed by atoms with E-state index in [1.165, 1.54) is 21.9 Å². The Morgan fingerprint density at radius 2 is 0.960 bits per heavy atom. The maximum Gasteiger partial charge on any atom is 0.488 e. The largest absolute Gasteiger partial charge is 0.488 e. The second kappa shape index (κ2) is 6.56. The summed E-state index contributed by atoms with van der Waals surface area (Å²) in [6.45, 7) is 0. The summed E-state index contributed by atoms with van der Waals surface area (Å²) in [6, 6.07) is 30.4. The zero-order valence-electron chi connectivity index (χ0n) is 13.6. The van der Waals surface area contributed by atoms with Gasteiger partial charge in [-0.25, -0.2) is 0 Å². The van der Waals surface area contributed by atoms with Crippen LogP contribution in [0, 0.1) is 0 Å². The summed E-state index contributed by atoms with van der Waals surface area (Å²) < 4.78 is 0. The minimum absolute atomic E-state index is 0.494. The van der Waals surface area contributed by atoms with Crippen molar-refractivity contribution in [1.82, 2.24) is 0 Å². The van der Waals surface area contributed by atoms with Gasteiger partial charge in [-0.2, -0.15) is 0 Å². The summed E-state index contributed by atoms with van der Waals surface area (Å²) in [5.74, 6) is 0. The summed E-state index contributed by atoms with van der Waals surface area (Å²) in [4.78, 5) is 0. The van der Waals surface area contributed by atoms with E-state index in [-0.39, 0.29) is 0 Å². The fourth-order valence-corrected chi connectivity index (χ4v) is 3.26. The normalized spacial score (nSPS) is 10.8. The van der Waals surface area contributed by atoms with E-state index in [4.69, 9.17) is 0 Å². The molecule has 0 saturated carbocycles. The Bertz CT molecular complexity index is 1010. The highest BCUT2D eigenvalue weighted by Gasteiger charge is 2.12. The molecule has 0 aromatic heterocycles. The second-order valence-electron chi connectivity index (χ2n) is 6.07. The van der Waals surface area contributed by atoms with Gasteiger partial charge in [0.15, 0.2) is 0 Å². The molecule has 25 heavy (non-hydrogen) atoms.